The molecule has 2 heterocycles. The fourth-order valence-corrected chi connectivity index (χ4v) is 5.05. The van der Waals surface area contributed by atoms with E-state index in [1.807, 2.05) is 72.8 Å². The highest BCUT2D eigenvalue weighted by molar-refractivity contribution is 5.79. The van der Waals surface area contributed by atoms with Gasteiger partial charge in [-0.3, -0.25) is 0 Å². The molecule has 0 aromatic heterocycles. The van der Waals surface area contributed by atoms with Crippen molar-refractivity contribution in [3.05, 3.63) is 107 Å². The van der Waals surface area contributed by atoms with Crippen molar-refractivity contribution in [2.45, 2.75) is 5.41 Å². The zero-order valence-electron chi connectivity index (χ0n) is 17.2. The van der Waals surface area contributed by atoms with Crippen LogP contribution in [0.25, 0.3) is 0 Å². The second-order valence-electron chi connectivity index (χ2n) is 7.61. The molecule has 2 aliphatic rings. The second kappa shape index (κ2) is 6.54. The number of methoxy groups -OCH3 is 2. The van der Waals surface area contributed by atoms with Gasteiger partial charge >= 0.3 is 0 Å². The van der Waals surface area contributed by atoms with Crippen molar-refractivity contribution >= 4 is 0 Å². The van der Waals surface area contributed by atoms with Crippen molar-refractivity contribution in [3.63, 3.8) is 0 Å². The first kappa shape index (κ1) is 17.9. The summed E-state index contributed by atoms with van der Waals surface area (Å²) in [5, 5.41) is 0. The second-order valence-corrected chi connectivity index (χ2v) is 7.61. The summed E-state index contributed by atoms with van der Waals surface area (Å²) >= 11 is 0. The minimum Gasteiger partial charge on any atom is -0.496 e. The molecule has 0 radical (unpaired) electrons. The van der Waals surface area contributed by atoms with E-state index < -0.39 is 5.41 Å². The molecule has 0 saturated heterocycles. The molecule has 4 aromatic rings. The Labute approximate surface area is 180 Å². The van der Waals surface area contributed by atoms with E-state index in [4.69, 9.17) is 18.9 Å². The van der Waals surface area contributed by atoms with Crippen molar-refractivity contribution < 1.29 is 18.9 Å². The quantitative estimate of drug-likeness (QED) is 0.337. The summed E-state index contributed by atoms with van der Waals surface area (Å²) in [5.41, 5.74) is 3.20. The van der Waals surface area contributed by atoms with E-state index in [0.717, 1.165) is 56.8 Å². The highest BCUT2D eigenvalue weighted by Gasteiger charge is 2.53. The van der Waals surface area contributed by atoms with E-state index in [1.165, 1.54) is 0 Å². The lowest BCUT2D eigenvalue weighted by Gasteiger charge is -2.45. The van der Waals surface area contributed by atoms with Crippen molar-refractivity contribution in [2.75, 3.05) is 14.2 Å². The predicted octanol–water partition coefficient (Wildman–Crippen LogP) is 6.30. The Morgan fingerprint density at radius 1 is 0.516 bits per heavy atom. The van der Waals surface area contributed by atoms with Gasteiger partial charge in [0.1, 0.15) is 34.5 Å². The number of ether oxygens (including phenoxy) is 4. The first-order chi connectivity index (χ1) is 15.3. The van der Waals surface area contributed by atoms with Crippen LogP contribution in [-0.4, -0.2) is 14.2 Å². The molecule has 1 spiro atoms. The number of para-hydroxylation sites is 2. The molecule has 4 heteroatoms. The summed E-state index contributed by atoms with van der Waals surface area (Å²) in [6.45, 7) is 0. The molecule has 0 fully saturated rings. The van der Waals surface area contributed by atoms with Gasteiger partial charge in [-0.05, 0) is 36.4 Å². The van der Waals surface area contributed by atoms with Crippen LogP contribution in [0.1, 0.15) is 22.3 Å². The molecule has 0 saturated carbocycles. The Hall–Kier alpha value is -3.92. The van der Waals surface area contributed by atoms with E-state index in [2.05, 4.69) is 12.1 Å². The molecule has 6 rings (SSSR count). The number of hydrogen-bond donors (Lipinski definition) is 0. The van der Waals surface area contributed by atoms with Gasteiger partial charge in [-0.15, -0.1) is 0 Å². The summed E-state index contributed by atoms with van der Waals surface area (Å²) < 4.78 is 24.6. The van der Waals surface area contributed by atoms with Crippen molar-refractivity contribution in [1.29, 1.82) is 0 Å². The van der Waals surface area contributed by atoms with Crippen LogP contribution < -0.4 is 18.9 Å². The largest absolute Gasteiger partial charge is 0.496 e. The van der Waals surface area contributed by atoms with Crippen LogP contribution in [0.15, 0.2) is 84.9 Å². The van der Waals surface area contributed by atoms with Gasteiger partial charge in [0.05, 0.1) is 30.8 Å². The summed E-state index contributed by atoms with van der Waals surface area (Å²) in [5.74, 6) is 4.62. The SMILES string of the molecule is COc1cccc2c1C1(c3ccccc3O2)c2ccccc2Oc2cccc(OC)c21. The Morgan fingerprint density at radius 2 is 0.935 bits per heavy atom. The molecule has 2 aliphatic heterocycles. The molecule has 4 aromatic carbocycles. The van der Waals surface area contributed by atoms with Gasteiger partial charge in [-0.2, -0.15) is 0 Å². The fraction of sp³-hybridized carbons (Fsp3) is 0.111. The minimum atomic E-state index is -0.729. The summed E-state index contributed by atoms with van der Waals surface area (Å²) in [4.78, 5) is 0. The van der Waals surface area contributed by atoms with E-state index >= 15 is 0 Å². The van der Waals surface area contributed by atoms with E-state index in [0.29, 0.717) is 0 Å². The number of benzene rings is 4. The number of rotatable bonds is 2. The zero-order valence-corrected chi connectivity index (χ0v) is 17.2. The molecule has 31 heavy (non-hydrogen) atoms. The van der Waals surface area contributed by atoms with Gasteiger partial charge in [0.25, 0.3) is 0 Å². The molecule has 0 amide bonds. The molecule has 0 bridgehead atoms. The third-order valence-corrected chi connectivity index (χ3v) is 6.19. The van der Waals surface area contributed by atoms with Crippen LogP contribution in [0.4, 0.5) is 0 Å². The standard InChI is InChI=1S/C27H20O4/c1-28-21-13-7-15-23-25(21)27(17-9-3-5-11-19(17)30-23)18-10-4-6-12-20(18)31-24-16-8-14-22(29-2)26(24)27/h3-16H,1-2H3. The van der Waals surface area contributed by atoms with Crippen LogP contribution in [0.5, 0.6) is 34.5 Å². The van der Waals surface area contributed by atoms with Gasteiger partial charge in [0.2, 0.25) is 0 Å². The average molecular weight is 408 g/mol. The average Bonchev–Trinajstić information content (AvgIpc) is 2.83. The van der Waals surface area contributed by atoms with Gasteiger partial charge in [0, 0.05) is 11.1 Å². The summed E-state index contributed by atoms with van der Waals surface area (Å²) in [6, 6.07) is 28.1. The first-order valence-corrected chi connectivity index (χ1v) is 10.2. The lowest BCUT2D eigenvalue weighted by molar-refractivity contribution is 0.353. The molecule has 4 nitrogen and oxygen atoms in total. The number of hydrogen-bond acceptors (Lipinski definition) is 4. The van der Waals surface area contributed by atoms with Crippen LogP contribution in [0.2, 0.25) is 0 Å². The third-order valence-electron chi connectivity index (χ3n) is 6.19. The van der Waals surface area contributed by atoms with Crippen molar-refractivity contribution in [2.24, 2.45) is 0 Å². The highest BCUT2D eigenvalue weighted by Crippen LogP contribution is 2.64. The molecule has 0 aliphatic carbocycles. The lowest BCUT2D eigenvalue weighted by Crippen LogP contribution is -2.37. The third kappa shape index (κ3) is 2.24. The summed E-state index contributed by atoms with van der Waals surface area (Å²) in [6.07, 6.45) is 0. The first-order valence-electron chi connectivity index (χ1n) is 10.2. The van der Waals surface area contributed by atoms with E-state index in [1.54, 1.807) is 14.2 Å². The predicted molar refractivity (Wildman–Crippen MR) is 118 cm³/mol. The van der Waals surface area contributed by atoms with Gasteiger partial charge in [0.15, 0.2) is 0 Å². The van der Waals surface area contributed by atoms with Crippen LogP contribution in [-0.2, 0) is 5.41 Å². The zero-order chi connectivity index (χ0) is 21.0. The Balaban J connectivity index is 1.89. The van der Waals surface area contributed by atoms with Gasteiger partial charge in [-0.25, -0.2) is 0 Å². The van der Waals surface area contributed by atoms with Gasteiger partial charge < -0.3 is 18.9 Å². The number of fused-ring (bicyclic) bond motifs is 8. The monoisotopic (exact) mass is 408 g/mol. The molecular weight excluding hydrogens is 388 g/mol. The topological polar surface area (TPSA) is 36.9 Å². The van der Waals surface area contributed by atoms with Crippen LogP contribution in [0, 0.1) is 0 Å². The van der Waals surface area contributed by atoms with Crippen molar-refractivity contribution in [1.82, 2.24) is 0 Å². The normalized spacial score (nSPS) is 14.3. The Bertz CT molecular complexity index is 1220. The lowest BCUT2D eigenvalue weighted by atomic mass is 9.62. The maximum absolute atomic E-state index is 6.39. The van der Waals surface area contributed by atoms with E-state index in [9.17, 15) is 0 Å². The van der Waals surface area contributed by atoms with Crippen LogP contribution in [0.3, 0.4) is 0 Å². The van der Waals surface area contributed by atoms with E-state index in [-0.39, 0.29) is 0 Å². The highest BCUT2D eigenvalue weighted by atomic mass is 16.5. The Kier molecular flexibility index (Phi) is 3.78. The Morgan fingerprint density at radius 3 is 1.39 bits per heavy atom. The molecular formula is C27H20O4. The molecule has 152 valence electrons. The fourth-order valence-electron chi connectivity index (χ4n) is 5.05. The maximum Gasteiger partial charge on any atom is 0.135 e. The summed E-state index contributed by atoms with van der Waals surface area (Å²) in [7, 11) is 3.39. The minimum absolute atomic E-state index is 0.729. The molecule has 0 unspecified atom stereocenters. The van der Waals surface area contributed by atoms with Crippen molar-refractivity contribution in [3.8, 4) is 34.5 Å². The van der Waals surface area contributed by atoms with Crippen LogP contribution >= 0.6 is 0 Å². The van der Waals surface area contributed by atoms with Gasteiger partial charge in [-0.1, -0.05) is 48.5 Å². The smallest absolute Gasteiger partial charge is 0.135 e. The molecule has 0 N–H and O–H groups in total. The maximum atomic E-state index is 6.39. The molecule has 0 atom stereocenters.